The van der Waals surface area contributed by atoms with Crippen LogP contribution in [0.5, 0.6) is 0 Å². The maximum Gasteiger partial charge on any atom is 0.268 e. The highest BCUT2D eigenvalue weighted by Gasteiger charge is 2.27. The first-order valence-corrected chi connectivity index (χ1v) is 9.93. The van der Waals surface area contributed by atoms with Gasteiger partial charge in [0.15, 0.2) is 0 Å². The lowest BCUT2D eigenvalue weighted by Crippen LogP contribution is -2.36. The van der Waals surface area contributed by atoms with Crippen LogP contribution < -0.4 is 10.2 Å². The first-order chi connectivity index (χ1) is 13.4. The van der Waals surface area contributed by atoms with Gasteiger partial charge < -0.3 is 19.5 Å². The third kappa shape index (κ3) is 4.38. The molecule has 0 aliphatic carbocycles. The van der Waals surface area contributed by atoms with Crippen molar-refractivity contribution in [2.24, 2.45) is 5.92 Å². The van der Waals surface area contributed by atoms with E-state index >= 15 is 0 Å². The predicted molar refractivity (Wildman–Crippen MR) is 110 cm³/mol. The average molecular weight is 387 g/mol. The average Bonchev–Trinajstić information content (AvgIpc) is 2.90. The van der Waals surface area contributed by atoms with E-state index in [4.69, 9.17) is 4.74 Å². The van der Waals surface area contributed by atoms with E-state index in [1.165, 1.54) is 12.1 Å². The Kier molecular flexibility index (Phi) is 6.39. The van der Waals surface area contributed by atoms with Crippen LogP contribution >= 0.6 is 0 Å². The molecule has 0 spiro atoms. The van der Waals surface area contributed by atoms with Gasteiger partial charge in [-0.1, -0.05) is 26.0 Å². The number of carbonyl (C=O) groups is 1. The van der Waals surface area contributed by atoms with Gasteiger partial charge in [0.1, 0.15) is 11.5 Å². The van der Waals surface area contributed by atoms with Gasteiger partial charge in [0.2, 0.25) is 0 Å². The number of morpholine rings is 1. The maximum atomic E-state index is 13.7. The van der Waals surface area contributed by atoms with Crippen LogP contribution in [-0.2, 0) is 11.3 Å². The Labute approximate surface area is 166 Å². The third-order valence-electron chi connectivity index (χ3n) is 5.17. The van der Waals surface area contributed by atoms with Crippen LogP contribution in [-0.4, -0.2) is 43.3 Å². The van der Waals surface area contributed by atoms with Crippen LogP contribution in [0.3, 0.4) is 0 Å². The number of nitrogens with zero attached hydrogens (tertiary/aromatic N) is 2. The summed E-state index contributed by atoms with van der Waals surface area (Å²) in [6.07, 6.45) is 0. The minimum Gasteiger partial charge on any atom is -0.378 e. The largest absolute Gasteiger partial charge is 0.378 e. The molecule has 1 aromatic heterocycles. The molecular weight excluding hydrogens is 357 g/mol. The summed E-state index contributed by atoms with van der Waals surface area (Å²) in [6.45, 7) is 12.2. The second kappa shape index (κ2) is 8.78. The fourth-order valence-corrected chi connectivity index (χ4v) is 3.82. The number of hydrogen-bond acceptors (Lipinski definition) is 3. The number of carbonyl (C=O) groups excluding carboxylic acids is 1. The zero-order valence-electron chi connectivity index (χ0n) is 17.2. The van der Waals surface area contributed by atoms with Crippen molar-refractivity contribution in [2.45, 2.75) is 34.2 Å². The quantitative estimate of drug-likeness (QED) is 0.825. The van der Waals surface area contributed by atoms with Crippen molar-refractivity contribution in [3.63, 3.8) is 0 Å². The Morgan fingerprint density at radius 1 is 1.25 bits per heavy atom. The van der Waals surface area contributed by atoms with Crippen LogP contribution in [0.2, 0.25) is 0 Å². The smallest absolute Gasteiger partial charge is 0.268 e. The molecular formula is C22H30FN3O2. The molecule has 6 heteroatoms. The lowest BCUT2D eigenvalue weighted by atomic mass is 10.1. The van der Waals surface area contributed by atoms with Crippen LogP contribution in [0, 0.1) is 25.6 Å². The molecule has 1 N–H and O–H groups in total. The van der Waals surface area contributed by atoms with Gasteiger partial charge in [-0.3, -0.25) is 4.79 Å². The Bertz CT molecular complexity index is 839. The van der Waals surface area contributed by atoms with E-state index in [1.54, 1.807) is 6.07 Å². The minimum absolute atomic E-state index is 0.0785. The molecule has 152 valence electrons. The van der Waals surface area contributed by atoms with Crippen molar-refractivity contribution in [3.8, 4) is 0 Å². The van der Waals surface area contributed by atoms with Gasteiger partial charge in [-0.2, -0.15) is 0 Å². The maximum absolute atomic E-state index is 13.7. The number of aromatic nitrogens is 1. The number of rotatable bonds is 6. The fourth-order valence-electron chi connectivity index (χ4n) is 3.82. The Balaban J connectivity index is 2.02. The number of amides is 1. The van der Waals surface area contributed by atoms with Crippen molar-refractivity contribution in [3.05, 3.63) is 52.6 Å². The highest BCUT2D eigenvalue weighted by molar-refractivity contribution is 5.96. The van der Waals surface area contributed by atoms with Gasteiger partial charge in [-0.15, -0.1) is 0 Å². The fraction of sp³-hybridized carbons (Fsp3) is 0.500. The van der Waals surface area contributed by atoms with Gasteiger partial charge in [0, 0.05) is 37.4 Å². The molecule has 5 nitrogen and oxygen atoms in total. The highest BCUT2D eigenvalue weighted by atomic mass is 19.1. The lowest BCUT2D eigenvalue weighted by molar-refractivity contribution is 0.0939. The second-order valence-electron chi connectivity index (χ2n) is 7.83. The van der Waals surface area contributed by atoms with E-state index in [2.05, 4.69) is 24.1 Å². The number of halogens is 1. The van der Waals surface area contributed by atoms with Gasteiger partial charge >= 0.3 is 0 Å². The van der Waals surface area contributed by atoms with E-state index in [-0.39, 0.29) is 11.7 Å². The summed E-state index contributed by atoms with van der Waals surface area (Å²) >= 11 is 0. The van der Waals surface area contributed by atoms with Gasteiger partial charge in [-0.25, -0.2) is 4.39 Å². The summed E-state index contributed by atoms with van der Waals surface area (Å²) in [7, 11) is 0. The topological polar surface area (TPSA) is 46.5 Å². The molecule has 1 aliphatic rings. The van der Waals surface area contributed by atoms with Crippen LogP contribution in [0.1, 0.15) is 41.2 Å². The number of benzene rings is 1. The zero-order chi connectivity index (χ0) is 20.3. The van der Waals surface area contributed by atoms with Crippen LogP contribution in [0.4, 0.5) is 10.1 Å². The minimum atomic E-state index is -0.266. The SMILES string of the molecule is Cc1c(N2CCOCC2)c(C)n(Cc2cccc(F)c2)c1C(=O)NCC(C)C. The standard InChI is InChI=1S/C22H30FN3O2/c1-15(2)13-24-22(27)21-16(3)20(25-8-10-28-11-9-25)17(4)26(21)14-18-6-5-7-19(23)12-18/h5-7,12,15H,8-11,13-14H2,1-4H3,(H,24,27). The van der Waals surface area contributed by atoms with Crippen molar-refractivity contribution in [1.82, 2.24) is 9.88 Å². The number of hydrogen-bond donors (Lipinski definition) is 1. The van der Waals surface area contributed by atoms with Crippen molar-refractivity contribution < 1.29 is 13.9 Å². The summed E-state index contributed by atoms with van der Waals surface area (Å²) in [5.41, 5.74) is 4.58. The molecule has 1 saturated heterocycles. The lowest BCUT2D eigenvalue weighted by Gasteiger charge is -2.29. The first-order valence-electron chi connectivity index (χ1n) is 9.93. The Morgan fingerprint density at radius 3 is 2.61 bits per heavy atom. The second-order valence-corrected chi connectivity index (χ2v) is 7.83. The summed E-state index contributed by atoms with van der Waals surface area (Å²) in [6, 6.07) is 6.56. The molecule has 0 radical (unpaired) electrons. The third-order valence-corrected chi connectivity index (χ3v) is 5.17. The Morgan fingerprint density at radius 2 is 1.96 bits per heavy atom. The summed E-state index contributed by atoms with van der Waals surface area (Å²) in [4.78, 5) is 15.3. The predicted octanol–water partition coefficient (Wildman–Crippen LogP) is 3.51. The van der Waals surface area contributed by atoms with Gasteiger partial charge in [-0.05, 0) is 37.5 Å². The molecule has 0 unspecified atom stereocenters. The molecule has 0 atom stereocenters. The molecule has 2 heterocycles. The molecule has 1 fully saturated rings. The van der Waals surface area contributed by atoms with Crippen LogP contribution in [0.15, 0.2) is 24.3 Å². The van der Waals surface area contributed by atoms with Crippen molar-refractivity contribution in [1.29, 1.82) is 0 Å². The van der Waals surface area contributed by atoms with E-state index in [0.717, 1.165) is 35.6 Å². The summed E-state index contributed by atoms with van der Waals surface area (Å²) in [5, 5.41) is 3.04. The molecule has 1 aliphatic heterocycles. The molecule has 1 aromatic carbocycles. The molecule has 3 rings (SSSR count). The van der Waals surface area contributed by atoms with Crippen LogP contribution in [0.25, 0.3) is 0 Å². The van der Waals surface area contributed by atoms with E-state index in [0.29, 0.717) is 37.9 Å². The Hall–Kier alpha value is -2.34. The highest BCUT2D eigenvalue weighted by Crippen LogP contribution is 2.32. The van der Waals surface area contributed by atoms with Gasteiger partial charge in [0.05, 0.1) is 18.9 Å². The first kappa shape index (κ1) is 20.4. The number of nitrogens with one attached hydrogen (secondary N) is 1. The molecule has 28 heavy (non-hydrogen) atoms. The molecule has 0 bridgehead atoms. The number of anilines is 1. The van der Waals surface area contributed by atoms with Crippen molar-refractivity contribution in [2.75, 3.05) is 37.7 Å². The normalized spacial score (nSPS) is 14.6. The molecule has 0 saturated carbocycles. The zero-order valence-corrected chi connectivity index (χ0v) is 17.2. The monoisotopic (exact) mass is 387 g/mol. The van der Waals surface area contributed by atoms with E-state index < -0.39 is 0 Å². The summed E-state index contributed by atoms with van der Waals surface area (Å²) < 4.78 is 21.2. The summed E-state index contributed by atoms with van der Waals surface area (Å²) in [5.74, 6) is 0.0270. The number of ether oxygens (including phenoxy) is 1. The van der Waals surface area contributed by atoms with Crippen molar-refractivity contribution >= 4 is 11.6 Å². The molecule has 2 aromatic rings. The van der Waals surface area contributed by atoms with E-state index in [1.807, 2.05) is 24.5 Å². The van der Waals surface area contributed by atoms with Gasteiger partial charge in [0.25, 0.3) is 5.91 Å². The van der Waals surface area contributed by atoms with E-state index in [9.17, 15) is 9.18 Å². The molecule has 1 amide bonds.